The summed E-state index contributed by atoms with van der Waals surface area (Å²) < 4.78 is 41.3. The first-order valence-electron chi connectivity index (χ1n) is 10.5. The minimum absolute atomic E-state index is 0.0268. The van der Waals surface area contributed by atoms with Crippen LogP contribution in [0.2, 0.25) is 0 Å². The normalized spacial score (nSPS) is 15.7. The smallest absolute Gasteiger partial charge is 0.326 e. The van der Waals surface area contributed by atoms with Crippen molar-refractivity contribution in [2.75, 3.05) is 16.8 Å². The fraction of sp³-hybridized carbons (Fsp3) is 0.160. The highest BCUT2D eigenvalue weighted by Gasteiger charge is 2.46. The number of imide groups is 1. The second-order valence-corrected chi connectivity index (χ2v) is 7.75. The predicted octanol–water partition coefficient (Wildman–Crippen LogP) is 4.51. The number of nitrogens with one attached hydrogen (secondary N) is 1. The lowest BCUT2D eigenvalue weighted by atomic mass is 10.1. The van der Waals surface area contributed by atoms with Crippen molar-refractivity contribution in [2.45, 2.75) is 18.9 Å². The van der Waals surface area contributed by atoms with Gasteiger partial charge in [-0.2, -0.15) is 0 Å². The highest BCUT2D eigenvalue weighted by molar-refractivity contribution is 6.22. The van der Waals surface area contributed by atoms with E-state index in [9.17, 15) is 27.6 Å². The Labute approximate surface area is 193 Å². The summed E-state index contributed by atoms with van der Waals surface area (Å²) in [5.41, 5.74) is 0.565. The molecule has 0 spiro atoms. The van der Waals surface area contributed by atoms with Crippen LogP contribution in [-0.2, 0) is 16.0 Å². The molecule has 1 fully saturated rings. The summed E-state index contributed by atoms with van der Waals surface area (Å²) in [6, 6.07) is 14.3. The maximum atomic E-state index is 14.1. The predicted molar refractivity (Wildman–Crippen MR) is 120 cm³/mol. The van der Waals surface area contributed by atoms with Crippen molar-refractivity contribution in [1.29, 1.82) is 0 Å². The van der Waals surface area contributed by atoms with Gasteiger partial charge < -0.3 is 10.2 Å². The van der Waals surface area contributed by atoms with Crippen molar-refractivity contribution >= 4 is 29.2 Å². The van der Waals surface area contributed by atoms with E-state index in [4.69, 9.17) is 0 Å². The Morgan fingerprint density at radius 2 is 1.59 bits per heavy atom. The third-order valence-electron chi connectivity index (χ3n) is 5.45. The zero-order valence-electron chi connectivity index (χ0n) is 17.9. The number of benzene rings is 3. The third kappa shape index (κ3) is 4.93. The number of urea groups is 1. The zero-order chi connectivity index (χ0) is 24.2. The molecular formula is C25H20F3N3O3. The van der Waals surface area contributed by atoms with Crippen molar-refractivity contribution in [1.82, 2.24) is 4.90 Å². The molecule has 0 bridgehead atoms. The Kier molecular flexibility index (Phi) is 6.62. The average Bonchev–Trinajstić information content (AvgIpc) is 3.02. The molecule has 1 N–H and O–H groups in total. The number of hydrogen-bond acceptors (Lipinski definition) is 3. The van der Waals surface area contributed by atoms with Crippen LogP contribution in [-0.4, -0.2) is 35.3 Å². The van der Waals surface area contributed by atoms with Crippen LogP contribution in [0.1, 0.15) is 12.0 Å². The van der Waals surface area contributed by atoms with Crippen LogP contribution in [0.3, 0.4) is 0 Å². The van der Waals surface area contributed by atoms with E-state index in [1.807, 2.05) is 0 Å². The molecule has 4 rings (SSSR count). The number of amides is 4. The van der Waals surface area contributed by atoms with Gasteiger partial charge in [0.25, 0.3) is 5.91 Å². The topological polar surface area (TPSA) is 69.7 Å². The van der Waals surface area contributed by atoms with Crippen LogP contribution < -0.4 is 10.2 Å². The van der Waals surface area contributed by atoms with E-state index in [2.05, 4.69) is 5.32 Å². The number of hydrogen-bond donors (Lipinski definition) is 1. The van der Waals surface area contributed by atoms with Crippen molar-refractivity contribution < 1.29 is 27.6 Å². The number of carbonyl (C=O) groups excluding carboxylic acids is 3. The number of rotatable bonds is 7. The number of anilines is 2. The van der Waals surface area contributed by atoms with Gasteiger partial charge in [-0.05, 0) is 54.4 Å². The molecule has 3 aromatic carbocycles. The van der Waals surface area contributed by atoms with Crippen LogP contribution in [0.5, 0.6) is 0 Å². The molecule has 174 valence electrons. The molecule has 0 aromatic heterocycles. The van der Waals surface area contributed by atoms with Gasteiger partial charge in [-0.25, -0.2) is 22.9 Å². The van der Waals surface area contributed by atoms with Gasteiger partial charge in [-0.3, -0.25) is 9.59 Å². The molecule has 34 heavy (non-hydrogen) atoms. The molecule has 0 saturated carbocycles. The van der Waals surface area contributed by atoms with Crippen LogP contribution >= 0.6 is 0 Å². The fourth-order valence-corrected chi connectivity index (χ4v) is 3.84. The van der Waals surface area contributed by atoms with E-state index in [0.29, 0.717) is 5.56 Å². The van der Waals surface area contributed by atoms with Gasteiger partial charge in [-0.1, -0.05) is 30.3 Å². The summed E-state index contributed by atoms with van der Waals surface area (Å²) in [6.07, 6.45) is -0.311. The number of carbonyl (C=O) groups is 3. The molecule has 3 aromatic rings. The van der Waals surface area contributed by atoms with Crippen molar-refractivity contribution in [3.63, 3.8) is 0 Å². The van der Waals surface area contributed by atoms with Crippen LogP contribution in [0, 0.1) is 17.5 Å². The minimum atomic E-state index is -1.20. The number of halogens is 3. The van der Waals surface area contributed by atoms with E-state index in [1.54, 1.807) is 12.1 Å². The molecule has 0 unspecified atom stereocenters. The molecule has 4 amide bonds. The first kappa shape index (κ1) is 23.0. The quantitative estimate of drug-likeness (QED) is 0.520. The lowest BCUT2D eigenvalue weighted by molar-refractivity contribution is -0.124. The average molecular weight is 467 g/mol. The van der Waals surface area contributed by atoms with Crippen LogP contribution in [0.4, 0.5) is 29.3 Å². The van der Waals surface area contributed by atoms with E-state index >= 15 is 0 Å². The molecular weight excluding hydrogens is 447 g/mol. The number of nitrogens with zero attached hydrogens (tertiary/aromatic N) is 2. The minimum Gasteiger partial charge on any atom is -0.326 e. The van der Waals surface area contributed by atoms with Gasteiger partial charge in [0.05, 0.1) is 12.1 Å². The highest BCUT2D eigenvalue weighted by Crippen LogP contribution is 2.28. The summed E-state index contributed by atoms with van der Waals surface area (Å²) in [5.74, 6) is -2.97. The summed E-state index contributed by atoms with van der Waals surface area (Å²) in [6.45, 7) is -0.0464. The van der Waals surface area contributed by atoms with Crippen molar-refractivity contribution in [3.05, 3.63) is 95.8 Å². The van der Waals surface area contributed by atoms with Gasteiger partial charge in [0.1, 0.15) is 23.5 Å². The second kappa shape index (κ2) is 9.78. The zero-order valence-corrected chi connectivity index (χ0v) is 17.9. The summed E-state index contributed by atoms with van der Waals surface area (Å²) >= 11 is 0. The van der Waals surface area contributed by atoms with Crippen LogP contribution in [0.15, 0.2) is 72.8 Å². The monoisotopic (exact) mass is 467 g/mol. The van der Waals surface area contributed by atoms with Gasteiger partial charge >= 0.3 is 6.03 Å². The van der Waals surface area contributed by atoms with Gasteiger partial charge in [0.15, 0.2) is 0 Å². The molecule has 6 nitrogen and oxygen atoms in total. The lowest BCUT2D eigenvalue weighted by Gasteiger charge is -2.21. The summed E-state index contributed by atoms with van der Waals surface area (Å²) in [4.78, 5) is 41.0. The Balaban J connectivity index is 1.58. The van der Waals surface area contributed by atoms with Crippen LogP contribution in [0.25, 0.3) is 0 Å². The van der Waals surface area contributed by atoms with E-state index in [-0.39, 0.29) is 24.3 Å². The van der Waals surface area contributed by atoms with Gasteiger partial charge in [-0.15, -0.1) is 0 Å². The molecule has 9 heteroatoms. The first-order chi connectivity index (χ1) is 16.3. The second-order valence-electron chi connectivity index (χ2n) is 7.75. The Morgan fingerprint density at radius 3 is 2.29 bits per heavy atom. The molecule has 1 aliphatic heterocycles. The lowest BCUT2D eigenvalue weighted by Crippen LogP contribution is -2.39. The Bertz CT molecular complexity index is 1250. The largest absolute Gasteiger partial charge is 0.332 e. The van der Waals surface area contributed by atoms with E-state index < -0.39 is 47.8 Å². The third-order valence-corrected chi connectivity index (χ3v) is 5.45. The molecule has 1 atom stereocenters. The Hall–Kier alpha value is -4.14. The van der Waals surface area contributed by atoms with E-state index in [1.165, 1.54) is 53.4 Å². The first-order valence-corrected chi connectivity index (χ1v) is 10.5. The molecule has 0 radical (unpaired) electrons. The molecule has 1 aliphatic rings. The van der Waals surface area contributed by atoms with Gasteiger partial charge in [0.2, 0.25) is 5.91 Å². The highest BCUT2D eigenvalue weighted by atomic mass is 19.1. The van der Waals surface area contributed by atoms with Gasteiger partial charge in [0, 0.05) is 12.2 Å². The Morgan fingerprint density at radius 1 is 0.882 bits per heavy atom. The maximum Gasteiger partial charge on any atom is 0.332 e. The fourth-order valence-electron chi connectivity index (χ4n) is 3.84. The molecule has 1 saturated heterocycles. The molecule has 1 heterocycles. The van der Waals surface area contributed by atoms with Crippen molar-refractivity contribution in [3.8, 4) is 0 Å². The summed E-state index contributed by atoms with van der Waals surface area (Å²) in [5, 5.41) is 2.50. The summed E-state index contributed by atoms with van der Waals surface area (Å²) in [7, 11) is 0. The molecule has 0 aliphatic carbocycles. The van der Waals surface area contributed by atoms with E-state index in [0.717, 1.165) is 17.0 Å². The standard InChI is InChI=1S/C25H20F3N3O3/c26-17-6-3-8-19(13-17)29-23(32)15-22-24(33)31(20-9-4-7-18(27)14-20)25(34)30(22)12-11-16-5-1-2-10-21(16)28/h1-10,13-14,22H,11-12,15H2,(H,29,32)/t22-/m1/s1. The maximum absolute atomic E-state index is 14.1. The van der Waals surface area contributed by atoms with Crippen molar-refractivity contribution in [2.24, 2.45) is 0 Å². The SMILES string of the molecule is O=C(C[C@@H]1C(=O)N(c2cccc(F)c2)C(=O)N1CCc1ccccc1F)Nc1cccc(F)c1.